The Labute approximate surface area is 100 Å². The second kappa shape index (κ2) is 6.89. The molecule has 0 N–H and O–H groups in total. The Balaban J connectivity index is 4.36. The molecule has 0 aliphatic carbocycles. The molecular weight excluding hydrogens is 202 g/mol. The predicted octanol–water partition coefficient (Wildman–Crippen LogP) is 2.55. The summed E-state index contributed by atoms with van der Waals surface area (Å²) in [5.74, 6) is 0.471. The highest BCUT2D eigenvalue weighted by molar-refractivity contribution is 5.72. The normalized spacial score (nSPS) is 17.3. The van der Waals surface area contributed by atoms with E-state index in [-0.39, 0.29) is 17.9 Å². The first-order chi connectivity index (χ1) is 7.31. The minimum atomic E-state index is -0.129. The Hall–Kier alpha value is -0.570. The molecule has 0 fully saturated rings. The van der Waals surface area contributed by atoms with E-state index in [0.29, 0.717) is 12.0 Å². The van der Waals surface area contributed by atoms with Gasteiger partial charge in [0, 0.05) is 12.1 Å². The van der Waals surface area contributed by atoms with Crippen LogP contribution in [0.1, 0.15) is 41.0 Å². The lowest BCUT2D eigenvalue weighted by Gasteiger charge is -2.34. The standard InChI is InChI=1S/C13H27NO2/c1-9(2)8-10(3)14(6)12(5)11(4)13(15)16-7/h9-12H,8H2,1-7H3. The van der Waals surface area contributed by atoms with Crippen molar-refractivity contribution in [3.8, 4) is 0 Å². The van der Waals surface area contributed by atoms with Crippen LogP contribution in [0.15, 0.2) is 0 Å². The van der Waals surface area contributed by atoms with Crippen molar-refractivity contribution in [3.63, 3.8) is 0 Å². The maximum Gasteiger partial charge on any atom is 0.309 e. The Kier molecular flexibility index (Phi) is 6.65. The Morgan fingerprint density at radius 2 is 1.69 bits per heavy atom. The second-order valence-corrected chi connectivity index (χ2v) is 5.20. The van der Waals surface area contributed by atoms with E-state index < -0.39 is 0 Å². The summed E-state index contributed by atoms with van der Waals surface area (Å²) < 4.78 is 4.78. The van der Waals surface area contributed by atoms with Gasteiger partial charge in [0.2, 0.25) is 0 Å². The molecule has 0 aromatic carbocycles. The third-order valence-electron chi connectivity index (χ3n) is 3.45. The van der Waals surface area contributed by atoms with Crippen LogP contribution in [-0.4, -0.2) is 37.1 Å². The number of methoxy groups -OCH3 is 1. The maximum absolute atomic E-state index is 11.5. The topological polar surface area (TPSA) is 29.5 Å². The Bertz CT molecular complexity index is 216. The van der Waals surface area contributed by atoms with Crippen LogP contribution in [0.4, 0.5) is 0 Å². The Morgan fingerprint density at radius 1 is 1.19 bits per heavy atom. The van der Waals surface area contributed by atoms with Gasteiger partial charge in [-0.15, -0.1) is 0 Å². The van der Waals surface area contributed by atoms with Crippen LogP contribution >= 0.6 is 0 Å². The van der Waals surface area contributed by atoms with Gasteiger partial charge in [-0.25, -0.2) is 0 Å². The zero-order chi connectivity index (χ0) is 12.9. The number of esters is 1. The van der Waals surface area contributed by atoms with Crippen molar-refractivity contribution in [2.24, 2.45) is 11.8 Å². The van der Waals surface area contributed by atoms with Crippen LogP contribution in [0.25, 0.3) is 0 Å². The highest BCUT2D eigenvalue weighted by Crippen LogP contribution is 2.17. The van der Waals surface area contributed by atoms with E-state index in [0.717, 1.165) is 6.42 Å². The van der Waals surface area contributed by atoms with E-state index in [2.05, 4.69) is 39.6 Å². The van der Waals surface area contributed by atoms with Gasteiger partial charge >= 0.3 is 5.97 Å². The predicted molar refractivity (Wildman–Crippen MR) is 67.3 cm³/mol. The molecule has 0 spiro atoms. The summed E-state index contributed by atoms with van der Waals surface area (Å²) in [4.78, 5) is 13.7. The number of nitrogens with zero attached hydrogens (tertiary/aromatic N) is 1. The molecule has 0 aromatic rings. The first kappa shape index (κ1) is 15.4. The van der Waals surface area contributed by atoms with Crippen molar-refractivity contribution in [2.75, 3.05) is 14.2 Å². The summed E-state index contributed by atoms with van der Waals surface area (Å²) in [5.41, 5.74) is 0. The summed E-state index contributed by atoms with van der Waals surface area (Å²) in [7, 11) is 3.53. The summed E-state index contributed by atoms with van der Waals surface area (Å²) in [6.45, 7) is 10.7. The second-order valence-electron chi connectivity index (χ2n) is 5.20. The first-order valence-electron chi connectivity index (χ1n) is 6.11. The average Bonchev–Trinajstić information content (AvgIpc) is 2.23. The van der Waals surface area contributed by atoms with E-state index in [1.165, 1.54) is 7.11 Å². The van der Waals surface area contributed by atoms with Crippen molar-refractivity contribution in [1.29, 1.82) is 0 Å². The highest BCUT2D eigenvalue weighted by Gasteiger charge is 2.26. The lowest BCUT2D eigenvalue weighted by molar-refractivity contribution is -0.147. The van der Waals surface area contributed by atoms with E-state index in [9.17, 15) is 4.79 Å². The smallest absolute Gasteiger partial charge is 0.309 e. The largest absolute Gasteiger partial charge is 0.469 e. The van der Waals surface area contributed by atoms with Crippen LogP contribution < -0.4 is 0 Å². The molecule has 3 nitrogen and oxygen atoms in total. The number of ether oxygens (including phenoxy) is 1. The molecule has 0 saturated carbocycles. The van der Waals surface area contributed by atoms with Gasteiger partial charge in [0.05, 0.1) is 13.0 Å². The maximum atomic E-state index is 11.5. The van der Waals surface area contributed by atoms with Crippen LogP contribution in [0, 0.1) is 11.8 Å². The minimum Gasteiger partial charge on any atom is -0.469 e. The van der Waals surface area contributed by atoms with E-state index >= 15 is 0 Å². The highest BCUT2D eigenvalue weighted by atomic mass is 16.5. The third-order valence-corrected chi connectivity index (χ3v) is 3.45. The van der Waals surface area contributed by atoms with Crippen LogP contribution in [0.3, 0.4) is 0 Å². The van der Waals surface area contributed by atoms with Crippen molar-refractivity contribution in [1.82, 2.24) is 4.90 Å². The molecule has 96 valence electrons. The molecule has 0 bridgehead atoms. The fraction of sp³-hybridized carbons (Fsp3) is 0.923. The quantitative estimate of drug-likeness (QED) is 0.656. The molecule has 0 saturated heterocycles. The monoisotopic (exact) mass is 229 g/mol. The van der Waals surface area contributed by atoms with Crippen molar-refractivity contribution in [2.45, 2.75) is 53.1 Å². The lowest BCUT2D eigenvalue weighted by atomic mass is 9.98. The molecule has 3 heteroatoms. The van der Waals surface area contributed by atoms with Gasteiger partial charge in [0.15, 0.2) is 0 Å². The van der Waals surface area contributed by atoms with E-state index in [1.54, 1.807) is 0 Å². The molecular formula is C13H27NO2. The van der Waals surface area contributed by atoms with Crippen LogP contribution in [-0.2, 0) is 9.53 Å². The van der Waals surface area contributed by atoms with Gasteiger partial charge < -0.3 is 9.64 Å². The van der Waals surface area contributed by atoms with Crippen LogP contribution in [0.5, 0.6) is 0 Å². The summed E-state index contributed by atoms with van der Waals surface area (Å²) in [6.07, 6.45) is 1.15. The fourth-order valence-electron chi connectivity index (χ4n) is 1.99. The molecule has 0 aliphatic rings. The lowest BCUT2D eigenvalue weighted by Crippen LogP contribution is -2.43. The molecule has 0 heterocycles. The van der Waals surface area contributed by atoms with Crippen molar-refractivity contribution < 1.29 is 9.53 Å². The van der Waals surface area contributed by atoms with Gasteiger partial charge in [-0.1, -0.05) is 20.8 Å². The molecule has 0 aromatic heterocycles. The molecule has 0 amide bonds. The summed E-state index contributed by atoms with van der Waals surface area (Å²) >= 11 is 0. The molecule has 0 rings (SSSR count). The zero-order valence-corrected chi connectivity index (χ0v) is 11.8. The van der Waals surface area contributed by atoms with Crippen LogP contribution in [0.2, 0.25) is 0 Å². The number of rotatable bonds is 6. The third kappa shape index (κ3) is 4.52. The van der Waals surface area contributed by atoms with Crippen molar-refractivity contribution in [3.05, 3.63) is 0 Å². The van der Waals surface area contributed by atoms with E-state index in [4.69, 9.17) is 4.74 Å². The molecule has 3 unspecified atom stereocenters. The summed E-state index contributed by atoms with van der Waals surface area (Å²) in [5, 5.41) is 0. The van der Waals surface area contributed by atoms with Gasteiger partial charge in [0.25, 0.3) is 0 Å². The SMILES string of the molecule is COC(=O)C(C)C(C)N(C)C(C)CC(C)C. The number of carbonyl (C=O) groups is 1. The van der Waals surface area contributed by atoms with Crippen molar-refractivity contribution >= 4 is 5.97 Å². The Morgan fingerprint density at radius 3 is 2.06 bits per heavy atom. The van der Waals surface area contributed by atoms with E-state index in [1.807, 2.05) is 6.92 Å². The molecule has 16 heavy (non-hydrogen) atoms. The molecule has 0 radical (unpaired) electrons. The number of hydrogen-bond acceptors (Lipinski definition) is 3. The van der Waals surface area contributed by atoms with Gasteiger partial charge in [-0.2, -0.15) is 0 Å². The van der Waals surface area contributed by atoms with Gasteiger partial charge in [-0.05, 0) is 33.2 Å². The molecule has 3 atom stereocenters. The number of hydrogen-bond donors (Lipinski definition) is 0. The number of carbonyl (C=O) groups excluding carboxylic acids is 1. The molecule has 0 aliphatic heterocycles. The summed E-state index contributed by atoms with van der Waals surface area (Å²) in [6, 6.07) is 0.698. The first-order valence-corrected chi connectivity index (χ1v) is 6.11. The minimum absolute atomic E-state index is 0.0791. The van der Waals surface area contributed by atoms with Gasteiger partial charge in [0.1, 0.15) is 0 Å². The average molecular weight is 229 g/mol. The fourth-order valence-corrected chi connectivity index (χ4v) is 1.99. The zero-order valence-electron chi connectivity index (χ0n) is 11.8. The van der Waals surface area contributed by atoms with Gasteiger partial charge in [-0.3, -0.25) is 4.79 Å².